The standard InChI is InChI=1S/C19H33BrN2O2SSi/c1-18(2,3)25(23)22-16(15-11-9-13-17(20)21-15)12-10-14-24-26(7,8)19(4,5)6/h9,11,13H,10,12,14H2,1-8H3/b22-16+/t25-/m1/s1. The number of pyridine rings is 1. The lowest BCUT2D eigenvalue weighted by Crippen LogP contribution is -2.41. The Kier molecular flexibility index (Phi) is 8.54. The average molecular weight is 462 g/mol. The Morgan fingerprint density at radius 1 is 1.23 bits per heavy atom. The van der Waals surface area contributed by atoms with Gasteiger partial charge in [-0.25, -0.2) is 4.98 Å². The molecule has 0 saturated heterocycles. The molecule has 0 radical (unpaired) electrons. The molecule has 0 bridgehead atoms. The smallest absolute Gasteiger partial charge is 0.191 e. The molecule has 7 heteroatoms. The highest BCUT2D eigenvalue weighted by molar-refractivity contribution is 9.10. The van der Waals surface area contributed by atoms with Crippen molar-refractivity contribution in [1.29, 1.82) is 0 Å². The van der Waals surface area contributed by atoms with Gasteiger partial charge in [0, 0.05) is 6.61 Å². The molecule has 0 aromatic carbocycles. The Morgan fingerprint density at radius 3 is 2.35 bits per heavy atom. The lowest BCUT2D eigenvalue weighted by Gasteiger charge is -2.36. The van der Waals surface area contributed by atoms with E-state index in [1.165, 1.54) is 0 Å². The summed E-state index contributed by atoms with van der Waals surface area (Å²) in [6.45, 7) is 17.7. The molecule has 0 aliphatic rings. The summed E-state index contributed by atoms with van der Waals surface area (Å²) in [5, 5.41) is 0.198. The van der Waals surface area contributed by atoms with Gasteiger partial charge in [-0.05, 0) is 79.8 Å². The molecular formula is C19H33BrN2O2SSi. The zero-order valence-corrected chi connectivity index (χ0v) is 20.8. The molecule has 0 N–H and O–H groups in total. The summed E-state index contributed by atoms with van der Waals surface area (Å²) in [5.74, 6) is 0. The van der Waals surface area contributed by atoms with Gasteiger partial charge < -0.3 is 8.98 Å². The minimum Gasteiger partial charge on any atom is -0.591 e. The van der Waals surface area contributed by atoms with Crippen LogP contribution in [0.1, 0.15) is 60.1 Å². The third-order valence-corrected chi connectivity index (χ3v) is 11.0. The SMILES string of the molecule is CC(C)(C)[S@@+]([O-])/N=C(\CCCO[Si](C)(C)C(C)(C)C)c1cccc(Br)n1. The topological polar surface area (TPSA) is 57.5 Å². The van der Waals surface area contributed by atoms with E-state index in [-0.39, 0.29) is 5.04 Å². The highest BCUT2D eigenvalue weighted by Crippen LogP contribution is 2.36. The molecule has 0 unspecified atom stereocenters. The highest BCUT2D eigenvalue weighted by atomic mass is 79.9. The average Bonchev–Trinajstić information content (AvgIpc) is 2.48. The van der Waals surface area contributed by atoms with Crippen LogP contribution in [0, 0.1) is 0 Å². The van der Waals surface area contributed by atoms with E-state index in [9.17, 15) is 4.55 Å². The highest BCUT2D eigenvalue weighted by Gasteiger charge is 2.36. The van der Waals surface area contributed by atoms with Crippen LogP contribution in [0.15, 0.2) is 27.2 Å². The normalized spacial score (nSPS) is 15.2. The molecule has 26 heavy (non-hydrogen) atoms. The summed E-state index contributed by atoms with van der Waals surface area (Å²) < 4.78 is 23.6. The molecular weight excluding hydrogens is 428 g/mol. The molecule has 1 atom stereocenters. The fraction of sp³-hybridized carbons (Fsp3) is 0.684. The summed E-state index contributed by atoms with van der Waals surface area (Å²) in [6.07, 6.45) is 1.53. The first-order chi connectivity index (χ1) is 11.7. The van der Waals surface area contributed by atoms with E-state index < -0.39 is 24.4 Å². The molecule has 0 amide bonds. The second-order valence-corrected chi connectivity index (χ2v) is 16.5. The van der Waals surface area contributed by atoms with E-state index in [0.717, 1.165) is 22.4 Å². The lowest BCUT2D eigenvalue weighted by atomic mass is 10.1. The zero-order chi connectivity index (χ0) is 20.2. The Bertz CT molecular complexity index is 625. The van der Waals surface area contributed by atoms with Crippen molar-refractivity contribution in [2.75, 3.05) is 6.61 Å². The first kappa shape index (κ1) is 23.8. The lowest BCUT2D eigenvalue weighted by molar-refractivity contribution is 0.285. The van der Waals surface area contributed by atoms with Crippen molar-refractivity contribution in [1.82, 2.24) is 4.98 Å². The second kappa shape index (κ2) is 9.32. The molecule has 1 aromatic rings. The molecule has 0 saturated carbocycles. The van der Waals surface area contributed by atoms with Crippen molar-refractivity contribution in [2.24, 2.45) is 4.40 Å². The van der Waals surface area contributed by atoms with Crippen LogP contribution < -0.4 is 0 Å². The number of hydrogen-bond donors (Lipinski definition) is 0. The van der Waals surface area contributed by atoms with Crippen LogP contribution in [0.5, 0.6) is 0 Å². The van der Waals surface area contributed by atoms with Gasteiger partial charge in [-0.15, -0.1) is 0 Å². The zero-order valence-electron chi connectivity index (χ0n) is 17.4. The third kappa shape index (κ3) is 7.42. The molecule has 0 fully saturated rings. The quantitative estimate of drug-likeness (QED) is 0.167. The Balaban J connectivity index is 2.86. The Morgan fingerprint density at radius 2 is 1.85 bits per heavy atom. The van der Waals surface area contributed by atoms with Gasteiger partial charge in [0.25, 0.3) is 0 Å². The minimum atomic E-state index is -1.75. The molecule has 0 aliphatic heterocycles. The van der Waals surface area contributed by atoms with Crippen LogP contribution in [0.2, 0.25) is 18.1 Å². The predicted molar refractivity (Wildman–Crippen MR) is 119 cm³/mol. The molecule has 148 valence electrons. The van der Waals surface area contributed by atoms with Gasteiger partial charge in [0.05, 0.1) is 5.69 Å². The molecule has 0 aliphatic carbocycles. The van der Waals surface area contributed by atoms with Crippen LogP contribution in [0.3, 0.4) is 0 Å². The molecule has 1 aromatic heterocycles. The molecule has 1 rings (SSSR count). The van der Waals surface area contributed by atoms with Gasteiger partial charge in [-0.3, -0.25) is 0 Å². The van der Waals surface area contributed by atoms with Crippen LogP contribution in [0.4, 0.5) is 0 Å². The van der Waals surface area contributed by atoms with E-state index in [0.29, 0.717) is 13.0 Å². The van der Waals surface area contributed by atoms with E-state index in [2.05, 4.69) is 59.2 Å². The van der Waals surface area contributed by atoms with Gasteiger partial charge in [0.2, 0.25) is 0 Å². The molecule has 0 spiro atoms. The van der Waals surface area contributed by atoms with Crippen molar-refractivity contribution in [3.8, 4) is 0 Å². The van der Waals surface area contributed by atoms with E-state index in [1.54, 1.807) is 0 Å². The van der Waals surface area contributed by atoms with Crippen LogP contribution in [-0.2, 0) is 15.8 Å². The van der Waals surface area contributed by atoms with Gasteiger partial charge in [-0.1, -0.05) is 31.2 Å². The minimum absolute atomic E-state index is 0.198. The maximum Gasteiger partial charge on any atom is 0.191 e. The number of halogens is 1. The maximum atomic E-state index is 12.5. The first-order valence-electron chi connectivity index (χ1n) is 9.00. The van der Waals surface area contributed by atoms with Crippen molar-refractivity contribution >= 4 is 41.3 Å². The number of nitrogens with zero attached hydrogens (tertiary/aromatic N) is 2. The number of hydrogen-bond acceptors (Lipinski definition) is 4. The van der Waals surface area contributed by atoms with Crippen LogP contribution in [0.25, 0.3) is 0 Å². The summed E-state index contributed by atoms with van der Waals surface area (Å²) in [4.78, 5) is 4.49. The van der Waals surface area contributed by atoms with Crippen molar-refractivity contribution in [3.05, 3.63) is 28.5 Å². The van der Waals surface area contributed by atoms with Crippen LogP contribution in [-0.4, -0.2) is 34.9 Å². The van der Waals surface area contributed by atoms with Gasteiger partial charge in [-0.2, -0.15) is 0 Å². The summed E-state index contributed by atoms with van der Waals surface area (Å²) in [6, 6.07) is 5.72. The summed E-state index contributed by atoms with van der Waals surface area (Å²) in [5.41, 5.74) is 1.54. The van der Waals surface area contributed by atoms with Gasteiger partial charge in [0.1, 0.15) is 26.4 Å². The monoisotopic (exact) mass is 460 g/mol. The van der Waals surface area contributed by atoms with Crippen molar-refractivity contribution < 1.29 is 8.98 Å². The third-order valence-electron chi connectivity index (χ3n) is 4.55. The van der Waals surface area contributed by atoms with Gasteiger partial charge in [0.15, 0.2) is 8.32 Å². The largest absolute Gasteiger partial charge is 0.591 e. The summed E-state index contributed by atoms with van der Waals surface area (Å²) in [7, 11) is -1.75. The number of aromatic nitrogens is 1. The first-order valence-corrected chi connectivity index (χ1v) is 13.8. The second-order valence-electron chi connectivity index (χ2n) is 8.96. The Hall–Kier alpha value is -0.213. The van der Waals surface area contributed by atoms with Crippen molar-refractivity contribution in [3.63, 3.8) is 0 Å². The van der Waals surface area contributed by atoms with Crippen LogP contribution >= 0.6 is 15.9 Å². The molecule has 1 heterocycles. The fourth-order valence-corrected chi connectivity index (χ4v) is 3.90. The maximum absolute atomic E-state index is 12.5. The van der Waals surface area contributed by atoms with E-state index in [1.807, 2.05) is 39.0 Å². The predicted octanol–water partition coefficient (Wildman–Crippen LogP) is 5.90. The molecule has 4 nitrogen and oxygen atoms in total. The summed E-state index contributed by atoms with van der Waals surface area (Å²) >= 11 is 2.09. The fourth-order valence-electron chi connectivity index (χ4n) is 1.81. The van der Waals surface area contributed by atoms with E-state index >= 15 is 0 Å². The van der Waals surface area contributed by atoms with Gasteiger partial charge >= 0.3 is 0 Å². The number of rotatable bonds is 7. The van der Waals surface area contributed by atoms with E-state index in [4.69, 9.17) is 4.43 Å². The van der Waals surface area contributed by atoms with Crippen molar-refractivity contribution in [2.45, 2.75) is 77.3 Å². The Labute approximate surface area is 171 Å².